The van der Waals surface area contributed by atoms with Crippen LogP contribution in [0.4, 0.5) is 23.2 Å². The molecule has 0 N–H and O–H groups in total. The van der Waals surface area contributed by atoms with Gasteiger partial charge in [-0.05, 0) is 17.7 Å². The van der Waals surface area contributed by atoms with Gasteiger partial charge in [-0.3, -0.25) is 0 Å². The van der Waals surface area contributed by atoms with Crippen molar-refractivity contribution in [2.75, 3.05) is 19.0 Å². The van der Waals surface area contributed by atoms with Gasteiger partial charge in [-0.2, -0.15) is 15.8 Å². The number of nitrogens with zero attached hydrogens (tertiary/aromatic N) is 4. The van der Waals surface area contributed by atoms with Crippen LogP contribution < -0.4 is 15.3 Å². The molecule has 0 saturated carbocycles. The summed E-state index contributed by atoms with van der Waals surface area (Å²) >= 11 is 0. The van der Waals surface area contributed by atoms with Crippen LogP contribution in [0.3, 0.4) is 0 Å². The lowest BCUT2D eigenvalue weighted by Crippen LogP contribution is -2.31. The lowest BCUT2D eigenvalue weighted by atomic mass is 10.0. The molecule has 4 nitrogen and oxygen atoms in total. The zero-order valence-corrected chi connectivity index (χ0v) is 14.1. The average molecular weight is 370 g/mol. The summed E-state index contributed by atoms with van der Waals surface area (Å²) in [5.74, 6) is -7.56. The van der Waals surface area contributed by atoms with E-state index in [2.05, 4.69) is 0 Å². The van der Waals surface area contributed by atoms with Gasteiger partial charge in [0.2, 0.25) is 0 Å². The maximum atomic E-state index is 14.5. The summed E-state index contributed by atoms with van der Waals surface area (Å²) < 4.78 is 57.5. The van der Waals surface area contributed by atoms with E-state index >= 15 is 0 Å². The summed E-state index contributed by atoms with van der Waals surface area (Å²) in [4.78, 5) is 1.74. The van der Waals surface area contributed by atoms with E-state index in [-0.39, 0.29) is 5.56 Å². The maximum Gasteiger partial charge on any atom is 0.171 e. The van der Waals surface area contributed by atoms with Crippen LogP contribution in [0, 0.1) is 57.3 Å². The average Bonchev–Trinajstić information content (AvgIpc) is 2.67. The molecule has 0 aliphatic carbocycles. The summed E-state index contributed by atoms with van der Waals surface area (Å²) in [6, 6.07) is 9.77. The molecule has 2 aromatic rings. The van der Waals surface area contributed by atoms with Crippen molar-refractivity contribution >= 4 is 16.8 Å². The van der Waals surface area contributed by atoms with Gasteiger partial charge in [0.15, 0.2) is 23.3 Å². The molecule has 0 unspecified atom stereocenters. The van der Waals surface area contributed by atoms with E-state index in [0.717, 1.165) is 5.69 Å². The normalized spacial score (nSPS) is 9.74. The summed E-state index contributed by atoms with van der Waals surface area (Å²) in [5, 5.41) is 24.2. The Morgan fingerprint density at radius 1 is 0.741 bits per heavy atom. The Kier molecular flexibility index (Phi) is 5.48. The van der Waals surface area contributed by atoms with E-state index in [1.165, 1.54) is 24.3 Å². The molecule has 0 saturated heterocycles. The van der Waals surface area contributed by atoms with Crippen molar-refractivity contribution in [2.24, 2.45) is 0 Å². The van der Waals surface area contributed by atoms with E-state index in [1.807, 2.05) is 0 Å². The fraction of sp³-hybridized carbons (Fsp3) is 0.105. The summed E-state index contributed by atoms with van der Waals surface area (Å²) in [7, 11) is 3.51. The third-order valence-corrected chi connectivity index (χ3v) is 3.77. The number of rotatable bonds is 2. The first-order valence-corrected chi connectivity index (χ1v) is 7.37. The van der Waals surface area contributed by atoms with Gasteiger partial charge in [-0.15, -0.1) is 0 Å². The Balaban J connectivity index is 3.01. The molecule has 0 heterocycles. The van der Waals surface area contributed by atoms with Crippen LogP contribution in [0.5, 0.6) is 0 Å². The largest absolute Gasteiger partial charge is 0.378 e. The summed E-state index contributed by atoms with van der Waals surface area (Å²) in [5.41, 5.74) is -0.984. The van der Waals surface area contributed by atoms with Gasteiger partial charge in [0, 0.05) is 19.8 Å². The first-order valence-electron chi connectivity index (χ1n) is 7.37. The van der Waals surface area contributed by atoms with Gasteiger partial charge in [0.1, 0.15) is 23.8 Å². The van der Waals surface area contributed by atoms with E-state index in [9.17, 15) is 22.8 Å². The first kappa shape index (κ1) is 19.5. The number of halogens is 4. The van der Waals surface area contributed by atoms with Crippen molar-refractivity contribution in [3.63, 3.8) is 0 Å². The molecule has 0 amide bonds. The highest BCUT2D eigenvalue weighted by Gasteiger charge is 2.23. The molecule has 27 heavy (non-hydrogen) atoms. The second-order valence-corrected chi connectivity index (χ2v) is 5.53. The van der Waals surface area contributed by atoms with Crippen LogP contribution in [-0.2, 0) is 0 Å². The summed E-state index contributed by atoms with van der Waals surface area (Å²) in [6.45, 7) is 0. The topological polar surface area (TPSA) is 74.6 Å². The molecular weight excluding hydrogens is 360 g/mol. The zero-order valence-electron chi connectivity index (χ0n) is 14.1. The first-order chi connectivity index (χ1) is 12.8. The second kappa shape index (κ2) is 7.59. The Hall–Kier alpha value is -3.83. The number of nitriles is 3. The highest BCUT2D eigenvalue weighted by atomic mass is 19.2. The van der Waals surface area contributed by atoms with Crippen molar-refractivity contribution in [3.8, 4) is 18.2 Å². The van der Waals surface area contributed by atoms with Crippen LogP contribution in [0.2, 0.25) is 0 Å². The number of hydrogen-bond acceptors (Lipinski definition) is 4. The molecule has 0 aliphatic heterocycles. The molecule has 2 rings (SSSR count). The molecule has 0 aromatic heterocycles. The van der Waals surface area contributed by atoms with Gasteiger partial charge in [-0.1, -0.05) is 12.1 Å². The van der Waals surface area contributed by atoms with Crippen molar-refractivity contribution in [3.05, 3.63) is 63.5 Å². The lowest BCUT2D eigenvalue weighted by molar-refractivity contribution is 0.434. The highest BCUT2D eigenvalue weighted by molar-refractivity contribution is 5.78. The molecule has 0 radical (unpaired) electrons. The number of anilines is 1. The minimum absolute atomic E-state index is 0.0391. The van der Waals surface area contributed by atoms with Crippen LogP contribution in [0.25, 0.3) is 11.1 Å². The van der Waals surface area contributed by atoms with Gasteiger partial charge in [-0.25, -0.2) is 17.6 Å². The third kappa shape index (κ3) is 3.31. The third-order valence-electron chi connectivity index (χ3n) is 3.77. The Morgan fingerprint density at radius 2 is 1.19 bits per heavy atom. The number of benzene rings is 2. The molecule has 8 heteroatoms. The van der Waals surface area contributed by atoms with Gasteiger partial charge >= 0.3 is 0 Å². The Labute approximate surface area is 151 Å². The second-order valence-electron chi connectivity index (χ2n) is 5.53. The SMILES string of the molecule is CN(C)c1ccc(C(C#N)=c2c(F)c(F)c(=C(C#N)C#N)c(F)c2F)cc1. The predicted molar refractivity (Wildman–Crippen MR) is 89.1 cm³/mol. The highest BCUT2D eigenvalue weighted by Crippen LogP contribution is 2.18. The molecule has 0 bridgehead atoms. The van der Waals surface area contributed by atoms with Crippen molar-refractivity contribution in [1.29, 1.82) is 15.8 Å². The summed E-state index contributed by atoms with van der Waals surface area (Å²) in [6.07, 6.45) is 0. The van der Waals surface area contributed by atoms with Crippen LogP contribution in [0.1, 0.15) is 5.56 Å². The molecular formula is C19H10F4N4. The van der Waals surface area contributed by atoms with Crippen LogP contribution in [-0.4, -0.2) is 14.1 Å². The van der Waals surface area contributed by atoms with Crippen molar-refractivity contribution in [1.82, 2.24) is 0 Å². The molecule has 134 valence electrons. The van der Waals surface area contributed by atoms with Gasteiger partial charge in [0.05, 0.1) is 16.0 Å². The molecule has 0 atom stereocenters. The maximum absolute atomic E-state index is 14.5. The predicted octanol–water partition coefficient (Wildman–Crippen LogP) is 2.23. The molecule has 2 aromatic carbocycles. The monoisotopic (exact) mass is 370 g/mol. The molecule has 0 fully saturated rings. The Bertz CT molecular complexity index is 1110. The standard InChI is InChI=1S/C19H10F4N4/c1-27(2)12-5-3-10(4-6-12)13(9-26)15-18(22)16(20)14(11(7-24)8-25)17(21)19(15)23/h3-6H,1-2H3. The quantitative estimate of drug-likeness (QED) is 0.600. The van der Waals surface area contributed by atoms with E-state index < -0.39 is 44.9 Å². The van der Waals surface area contributed by atoms with Crippen LogP contribution >= 0.6 is 0 Å². The Morgan fingerprint density at radius 3 is 1.56 bits per heavy atom. The van der Waals surface area contributed by atoms with Gasteiger partial charge < -0.3 is 4.90 Å². The van der Waals surface area contributed by atoms with Crippen LogP contribution in [0.15, 0.2) is 24.3 Å². The fourth-order valence-corrected chi connectivity index (χ4v) is 2.40. The van der Waals surface area contributed by atoms with Crippen molar-refractivity contribution in [2.45, 2.75) is 0 Å². The van der Waals surface area contributed by atoms with Gasteiger partial charge in [0.25, 0.3) is 0 Å². The number of hydrogen-bond donors (Lipinski definition) is 0. The zero-order chi connectivity index (χ0) is 20.3. The minimum atomic E-state index is -1.92. The van der Waals surface area contributed by atoms with E-state index in [1.54, 1.807) is 37.2 Å². The van der Waals surface area contributed by atoms with E-state index in [4.69, 9.17) is 10.5 Å². The minimum Gasteiger partial charge on any atom is -0.378 e. The smallest absolute Gasteiger partial charge is 0.171 e. The molecule has 0 aliphatic rings. The molecule has 0 spiro atoms. The lowest BCUT2D eigenvalue weighted by Gasteiger charge is -2.12. The van der Waals surface area contributed by atoms with Crippen molar-refractivity contribution < 1.29 is 17.6 Å². The van der Waals surface area contributed by atoms with E-state index in [0.29, 0.717) is 0 Å². The fourth-order valence-electron chi connectivity index (χ4n) is 2.40.